The fourth-order valence-electron chi connectivity index (χ4n) is 1.92. The Kier molecular flexibility index (Phi) is 4.65. The molecule has 0 saturated carbocycles. The molecular formula is C10H13ClN2O5S2. The minimum atomic E-state index is -3.78. The van der Waals surface area contributed by atoms with Crippen LogP contribution >= 0.6 is 22.9 Å². The van der Waals surface area contributed by atoms with Crippen LogP contribution in [-0.4, -0.2) is 43.9 Å². The van der Waals surface area contributed by atoms with E-state index < -0.39 is 14.9 Å². The first-order valence-corrected chi connectivity index (χ1v) is 8.47. The Morgan fingerprint density at radius 1 is 1.65 bits per heavy atom. The van der Waals surface area contributed by atoms with Gasteiger partial charge in [-0.2, -0.15) is 4.31 Å². The summed E-state index contributed by atoms with van der Waals surface area (Å²) in [5, 5.41) is 10.7. The normalized spacial score (nSPS) is 19.6. The van der Waals surface area contributed by atoms with Crippen molar-refractivity contribution in [2.45, 2.75) is 23.2 Å². The molecule has 0 radical (unpaired) electrons. The molecule has 1 atom stereocenters. The number of likely N-dealkylation sites (N-methyl/N-ethyl adjacent to an activating group) is 1. The van der Waals surface area contributed by atoms with Crippen molar-refractivity contribution >= 4 is 38.6 Å². The lowest BCUT2D eigenvalue weighted by molar-refractivity contribution is -0.384. The minimum absolute atomic E-state index is 0.125. The number of nitro groups is 1. The van der Waals surface area contributed by atoms with E-state index in [4.69, 9.17) is 16.3 Å². The molecule has 1 saturated heterocycles. The van der Waals surface area contributed by atoms with Gasteiger partial charge in [0.15, 0.2) is 4.34 Å². The maximum atomic E-state index is 12.3. The summed E-state index contributed by atoms with van der Waals surface area (Å²) in [4.78, 5) is 10.0. The third-order valence-electron chi connectivity index (χ3n) is 2.99. The first-order valence-electron chi connectivity index (χ1n) is 5.84. The van der Waals surface area contributed by atoms with Gasteiger partial charge in [-0.3, -0.25) is 10.1 Å². The molecule has 20 heavy (non-hydrogen) atoms. The number of rotatable bonds is 5. The molecule has 0 aliphatic carbocycles. The van der Waals surface area contributed by atoms with E-state index in [1.54, 1.807) is 0 Å². The van der Waals surface area contributed by atoms with Gasteiger partial charge in [-0.15, -0.1) is 11.3 Å². The van der Waals surface area contributed by atoms with Gasteiger partial charge in [0.1, 0.15) is 4.21 Å². The Balaban J connectivity index is 2.20. The molecule has 7 nitrogen and oxygen atoms in total. The summed E-state index contributed by atoms with van der Waals surface area (Å²) >= 11 is 6.38. The van der Waals surface area contributed by atoms with E-state index in [9.17, 15) is 18.5 Å². The smallest absolute Gasteiger partial charge is 0.300 e. The molecule has 1 aromatic heterocycles. The summed E-state index contributed by atoms with van der Waals surface area (Å²) < 4.78 is 30.9. The zero-order valence-electron chi connectivity index (χ0n) is 10.6. The highest BCUT2D eigenvalue weighted by atomic mass is 35.5. The number of ether oxygens (including phenoxy) is 1. The fraction of sp³-hybridized carbons (Fsp3) is 0.600. The van der Waals surface area contributed by atoms with Crippen LogP contribution in [0.4, 0.5) is 5.69 Å². The van der Waals surface area contributed by atoms with Crippen LogP contribution in [0, 0.1) is 10.1 Å². The van der Waals surface area contributed by atoms with E-state index >= 15 is 0 Å². The Bertz CT molecular complexity index is 609. The fourth-order valence-corrected chi connectivity index (χ4v) is 5.00. The molecule has 0 aromatic carbocycles. The van der Waals surface area contributed by atoms with Crippen LogP contribution < -0.4 is 0 Å². The van der Waals surface area contributed by atoms with Crippen LogP contribution in [0.5, 0.6) is 0 Å². The van der Waals surface area contributed by atoms with Crippen molar-refractivity contribution in [3.8, 4) is 0 Å². The van der Waals surface area contributed by atoms with Crippen LogP contribution in [0.25, 0.3) is 0 Å². The number of hydrogen-bond acceptors (Lipinski definition) is 6. The predicted molar refractivity (Wildman–Crippen MR) is 74.8 cm³/mol. The quantitative estimate of drug-likeness (QED) is 0.605. The second-order valence-corrected chi connectivity index (χ2v) is 8.33. The summed E-state index contributed by atoms with van der Waals surface area (Å²) in [5.74, 6) is 0. The van der Waals surface area contributed by atoms with Crippen molar-refractivity contribution < 1.29 is 18.1 Å². The van der Waals surface area contributed by atoms with Crippen molar-refractivity contribution in [3.63, 3.8) is 0 Å². The average Bonchev–Trinajstić information content (AvgIpc) is 2.98. The van der Waals surface area contributed by atoms with Crippen molar-refractivity contribution in [2.75, 3.05) is 20.2 Å². The summed E-state index contributed by atoms with van der Waals surface area (Å²) in [7, 11) is -2.35. The molecular weight excluding hydrogens is 328 g/mol. The van der Waals surface area contributed by atoms with Crippen molar-refractivity contribution in [1.82, 2.24) is 4.31 Å². The van der Waals surface area contributed by atoms with Crippen LogP contribution in [0.2, 0.25) is 4.34 Å². The van der Waals surface area contributed by atoms with E-state index in [-0.39, 0.29) is 26.9 Å². The van der Waals surface area contributed by atoms with E-state index in [1.165, 1.54) is 7.05 Å². The first-order chi connectivity index (χ1) is 9.32. The van der Waals surface area contributed by atoms with Crippen molar-refractivity contribution in [3.05, 3.63) is 20.5 Å². The lowest BCUT2D eigenvalue weighted by Crippen LogP contribution is -2.33. The molecule has 10 heteroatoms. The summed E-state index contributed by atoms with van der Waals surface area (Å²) in [6.07, 6.45) is 1.60. The highest BCUT2D eigenvalue weighted by molar-refractivity contribution is 7.91. The number of nitrogens with zero attached hydrogens (tertiary/aromatic N) is 2. The van der Waals surface area contributed by atoms with Gasteiger partial charge in [0.25, 0.3) is 15.7 Å². The van der Waals surface area contributed by atoms with Gasteiger partial charge >= 0.3 is 0 Å². The zero-order valence-corrected chi connectivity index (χ0v) is 13.0. The van der Waals surface area contributed by atoms with Crippen LogP contribution in [0.1, 0.15) is 12.8 Å². The topological polar surface area (TPSA) is 89.8 Å². The average molecular weight is 341 g/mol. The SMILES string of the molecule is CN(CC1CCCO1)S(=O)(=O)c1cc([N+](=O)[O-])c(Cl)s1. The lowest BCUT2D eigenvalue weighted by atomic mass is 10.2. The first kappa shape index (κ1) is 15.6. The number of halogens is 1. The predicted octanol–water partition coefficient (Wildman–Crippen LogP) is 2.11. The highest BCUT2D eigenvalue weighted by Gasteiger charge is 2.30. The van der Waals surface area contributed by atoms with Gasteiger partial charge in [0.2, 0.25) is 0 Å². The second kappa shape index (κ2) is 5.94. The van der Waals surface area contributed by atoms with Crippen LogP contribution in [0.3, 0.4) is 0 Å². The summed E-state index contributed by atoms with van der Waals surface area (Å²) in [6, 6.07) is 0.994. The molecule has 0 amide bonds. The summed E-state index contributed by atoms with van der Waals surface area (Å²) in [5.41, 5.74) is -0.388. The monoisotopic (exact) mass is 340 g/mol. The van der Waals surface area contributed by atoms with Gasteiger partial charge < -0.3 is 4.74 Å². The molecule has 1 fully saturated rings. The van der Waals surface area contributed by atoms with E-state index in [0.29, 0.717) is 17.9 Å². The Morgan fingerprint density at radius 3 is 2.85 bits per heavy atom. The van der Waals surface area contributed by atoms with E-state index in [2.05, 4.69) is 0 Å². The molecule has 1 aliphatic rings. The third kappa shape index (κ3) is 3.12. The maximum absolute atomic E-state index is 12.3. The molecule has 1 aromatic rings. The molecule has 1 unspecified atom stereocenters. The van der Waals surface area contributed by atoms with Crippen LogP contribution in [-0.2, 0) is 14.8 Å². The molecule has 0 spiro atoms. The maximum Gasteiger partial charge on any atom is 0.300 e. The van der Waals surface area contributed by atoms with Crippen molar-refractivity contribution in [2.24, 2.45) is 0 Å². The molecule has 2 rings (SSSR count). The largest absolute Gasteiger partial charge is 0.377 e. The number of thiophene rings is 1. The van der Waals surface area contributed by atoms with Gasteiger partial charge in [-0.05, 0) is 12.8 Å². The molecule has 1 aliphatic heterocycles. The highest BCUT2D eigenvalue weighted by Crippen LogP contribution is 2.37. The van der Waals surface area contributed by atoms with E-state index in [1.807, 2.05) is 0 Å². The molecule has 0 N–H and O–H groups in total. The van der Waals surface area contributed by atoms with Crippen LogP contribution in [0.15, 0.2) is 10.3 Å². The van der Waals surface area contributed by atoms with Gasteiger partial charge in [-0.25, -0.2) is 8.42 Å². The van der Waals surface area contributed by atoms with E-state index in [0.717, 1.165) is 23.2 Å². The number of hydrogen-bond donors (Lipinski definition) is 0. The zero-order chi connectivity index (χ0) is 14.9. The Morgan fingerprint density at radius 2 is 2.35 bits per heavy atom. The third-order valence-corrected chi connectivity index (χ3v) is 6.60. The molecule has 2 heterocycles. The Labute approximate surface area is 125 Å². The molecule has 0 bridgehead atoms. The van der Waals surface area contributed by atoms with Crippen molar-refractivity contribution in [1.29, 1.82) is 0 Å². The lowest BCUT2D eigenvalue weighted by Gasteiger charge is -2.19. The minimum Gasteiger partial charge on any atom is -0.377 e. The standard InChI is InChI=1S/C10H13ClN2O5S2/c1-12(6-7-3-2-4-18-7)20(16,17)9-5-8(13(14)15)10(11)19-9/h5,7H,2-4,6H2,1H3. The summed E-state index contributed by atoms with van der Waals surface area (Å²) in [6.45, 7) is 0.862. The van der Waals surface area contributed by atoms with Gasteiger partial charge in [0.05, 0.1) is 11.0 Å². The Hall–Kier alpha value is -0.740. The van der Waals surface area contributed by atoms with Gasteiger partial charge in [-0.1, -0.05) is 11.6 Å². The number of sulfonamides is 1. The van der Waals surface area contributed by atoms with Gasteiger partial charge in [0, 0.05) is 26.3 Å². The molecule has 112 valence electrons. The second-order valence-electron chi connectivity index (χ2n) is 4.40.